The van der Waals surface area contributed by atoms with Crippen molar-refractivity contribution in [3.8, 4) is 0 Å². The van der Waals surface area contributed by atoms with Crippen LogP contribution >= 0.6 is 0 Å². The molecule has 0 aliphatic carbocycles. The molecule has 0 saturated heterocycles. The Kier molecular flexibility index (Phi) is 204. The molecule has 0 aliphatic heterocycles. The zero-order valence-electron chi connectivity index (χ0n) is 2.93. The van der Waals surface area contributed by atoms with E-state index in [0.29, 0.717) is 0 Å². The normalized spacial score (nSPS) is 0. The summed E-state index contributed by atoms with van der Waals surface area (Å²) >= 11 is 0. The summed E-state index contributed by atoms with van der Waals surface area (Å²) in [5.41, 5.74) is 0. The van der Waals surface area contributed by atoms with Crippen molar-refractivity contribution in [3.05, 3.63) is 0 Å². The quantitative estimate of drug-likeness (QED) is 0.170. The van der Waals surface area contributed by atoms with Gasteiger partial charge in [-0.2, -0.15) is 0 Å². The monoisotopic (exact) mass is 783 g/mol. The van der Waals surface area contributed by atoms with Gasteiger partial charge in [-0.05, 0) is 0 Å². The molecule has 0 amide bonds. The molecule has 0 aliphatic rings. The Bertz CT molecular complexity index is 5.51. The second-order valence-electron chi connectivity index (χ2n) is 0. The van der Waals surface area contributed by atoms with E-state index in [2.05, 4.69) is 0 Å². The first kappa shape index (κ1) is 40.2. The average Bonchev–Trinajstić information content (AvgIpc) is 0. The van der Waals surface area contributed by atoms with Crippen LogP contribution in [0.3, 0.4) is 0 Å². The molecule has 0 spiro atoms. The number of rotatable bonds is 0. The van der Waals surface area contributed by atoms with Crippen LogP contribution in [0.4, 0.5) is 0 Å². The van der Waals surface area contributed by atoms with E-state index in [1.165, 1.54) is 0 Å². The largest absolute Gasteiger partial charge is 2.00 e. The molecular formula is Ba2I4. The molecule has 0 nitrogen and oxygen atoms in total. The Labute approximate surface area is 187 Å². The van der Waals surface area contributed by atoms with Crippen molar-refractivity contribution in [2.75, 3.05) is 0 Å². The topological polar surface area (TPSA) is 0 Å². The maximum Gasteiger partial charge on any atom is 2.00 e. The van der Waals surface area contributed by atoms with Gasteiger partial charge in [0.25, 0.3) is 0 Å². The molecule has 6 heteroatoms. The van der Waals surface area contributed by atoms with Gasteiger partial charge in [-0.1, -0.05) is 0 Å². The molecule has 0 saturated carbocycles. The zero-order valence-corrected chi connectivity index (χ0v) is 20.4. The van der Waals surface area contributed by atoms with Crippen molar-refractivity contribution in [1.82, 2.24) is 0 Å². The van der Waals surface area contributed by atoms with E-state index in [1.54, 1.807) is 0 Å². The van der Waals surface area contributed by atoms with Crippen molar-refractivity contribution < 1.29 is 95.9 Å². The van der Waals surface area contributed by atoms with Gasteiger partial charge in [-0.25, -0.2) is 0 Å². The van der Waals surface area contributed by atoms with Gasteiger partial charge in [0, 0.05) is 0 Å². The average molecular weight is 782 g/mol. The van der Waals surface area contributed by atoms with Gasteiger partial charge in [0.1, 0.15) is 0 Å². The molecule has 6 heavy (non-hydrogen) atoms. The maximum atomic E-state index is 0. The second kappa shape index (κ2) is 30.5. The first-order valence-electron chi connectivity index (χ1n) is 0. The molecule has 0 atom stereocenters. The van der Waals surface area contributed by atoms with Gasteiger partial charge in [0.2, 0.25) is 0 Å². The van der Waals surface area contributed by atoms with E-state index in [1.807, 2.05) is 0 Å². The van der Waals surface area contributed by atoms with Crippen molar-refractivity contribution >= 4 is 97.8 Å². The molecule has 0 N–H and O–H groups in total. The molecule has 0 aromatic carbocycles. The Balaban J connectivity index is 0. The van der Waals surface area contributed by atoms with E-state index in [-0.39, 0.29) is 194 Å². The third-order valence-electron chi connectivity index (χ3n) is 0. The van der Waals surface area contributed by atoms with E-state index in [9.17, 15) is 0 Å². The molecule has 0 fully saturated rings. The second-order valence-corrected chi connectivity index (χ2v) is 0. The van der Waals surface area contributed by atoms with Crippen LogP contribution in [-0.4, -0.2) is 97.8 Å². The van der Waals surface area contributed by atoms with E-state index >= 15 is 0 Å². The molecule has 0 bridgehead atoms. The SMILES string of the molecule is [Ba+2].[Ba+2].[I-].[I-].[I-].[I-]. The molecule has 0 aromatic rings. The van der Waals surface area contributed by atoms with Crippen LogP contribution in [0.1, 0.15) is 0 Å². The summed E-state index contributed by atoms with van der Waals surface area (Å²) in [5.74, 6) is 0. The van der Waals surface area contributed by atoms with Crippen LogP contribution < -0.4 is 95.9 Å². The van der Waals surface area contributed by atoms with Crippen molar-refractivity contribution in [1.29, 1.82) is 0 Å². The van der Waals surface area contributed by atoms with Crippen molar-refractivity contribution in [3.63, 3.8) is 0 Å². The van der Waals surface area contributed by atoms with Crippen LogP contribution in [0, 0.1) is 0 Å². The fourth-order valence-electron chi connectivity index (χ4n) is 0. The smallest absolute Gasteiger partial charge is 1.00 e. The first-order chi connectivity index (χ1) is 0. The summed E-state index contributed by atoms with van der Waals surface area (Å²) < 4.78 is 0. The minimum Gasteiger partial charge on any atom is -1.00 e. The maximum absolute atomic E-state index is 0. The summed E-state index contributed by atoms with van der Waals surface area (Å²) in [4.78, 5) is 0. The predicted molar refractivity (Wildman–Crippen MR) is 11.5 cm³/mol. The first-order valence-corrected chi connectivity index (χ1v) is 0. The molecule has 0 rings (SSSR count). The Morgan fingerprint density at radius 2 is 0.333 bits per heavy atom. The number of hydrogen-bond donors (Lipinski definition) is 0. The minimum atomic E-state index is 0. The van der Waals surface area contributed by atoms with Gasteiger partial charge in [-0.3, -0.25) is 0 Å². The Morgan fingerprint density at radius 1 is 0.333 bits per heavy atom. The summed E-state index contributed by atoms with van der Waals surface area (Å²) in [5, 5.41) is 0. The Morgan fingerprint density at radius 3 is 0.333 bits per heavy atom. The van der Waals surface area contributed by atoms with Gasteiger partial charge < -0.3 is 95.9 Å². The van der Waals surface area contributed by atoms with Crippen LogP contribution in [0.25, 0.3) is 0 Å². The van der Waals surface area contributed by atoms with Crippen LogP contribution in [-0.2, 0) is 0 Å². The van der Waals surface area contributed by atoms with Crippen LogP contribution in [0.5, 0.6) is 0 Å². The fraction of sp³-hybridized carbons (Fsp3) is 0. The van der Waals surface area contributed by atoms with Gasteiger partial charge in [0.05, 0.1) is 0 Å². The summed E-state index contributed by atoms with van der Waals surface area (Å²) in [7, 11) is 0. The zero-order chi connectivity index (χ0) is 0. The molecule has 0 radical (unpaired) electrons. The third-order valence-corrected chi connectivity index (χ3v) is 0. The third kappa shape index (κ3) is 22.5. The summed E-state index contributed by atoms with van der Waals surface area (Å²) in [6.07, 6.45) is 0. The van der Waals surface area contributed by atoms with Crippen molar-refractivity contribution in [2.45, 2.75) is 0 Å². The Hall–Kier alpha value is 6.06. The van der Waals surface area contributed by atoms with Crippen LogP contribution in [0.2, 0.25) is 0 Å². The minimum absolute atomic E-state index is 0. The number of hydrogen-bond acceptors (Lipinski definition) is 0. The molecule has 0 unspecified atom stereocenters. The fourth-order valence-corrected chi connectivity index (χ4v) is 0. The van der Waals surface area contributed by atoms with E-state index in [4.69, 9.17) is 0 Å². The molecule has 0 heterocycles. The van der Waals surface area contributed by atoms with Gasteiger partial charge >= 0.3 is 97.8 Å². The van der Waals surface area contributed by atoms with E-state index < -0.39 is 0 Å². The molecular weight excluding hydrogens is 782 g/mol. The summed E-state index contributed by atoms with van der Waals surface area (Å²) in [6, 6.07) is 0. The molecule has 32 valence electrons. The predicted octanol–water partition coefficient (Wildman–Crippen LogP) is -12.7. The molecule has 0 aromatic heterocycles. The van der Waals surface area contributed by atoms with Crippen molar-refractivity contribution in [2.24, 2.45) is 0 Å². The number of halogens is 4. The summed E-state index contributed by atoms with van der Waals surface area (Å²) in [6.45, 7) is 0. The van der Waals surface area contributed by atoms with Gasteiger partial charge in [0.15, 0.2) is 0 Å². The van der Waals surface area contributed by atoms with Gasteiger partial charge in [-0.15, -0.1) is 0 Å². The van der Waals surface area contributed by atoms with E-state index in [0.717, 1.165) is 0 Å². The van der Waals surface area contributed by atoms with Crippen LogP contribution in [0.15, 0.2) is 0 Å². The standard InChI is InChI=1S/2Ba.4HI/h;;4*1H/q2*+2;;;;/p-4.